The van der Waals surface area contributed by atoms with Gasteiger partial charge in [0.05, 0.1) is 0 Å². The number of urea groups is 1. The third-order valence-corrected chi connectivity index (χ3v) is 3.37. The van der Waals surface area contributed by atoms with Crippen LogP contribution in [0.3, 0.4) is 0 Å². The number of carbonyl (C=O) groups is 2. The van der Waals surface area contributed by atoms with E-state index in [1.807, 2.05) is 0 Å². The molecule has 0 saturated carbocycles. The van der Waals surface area contributed by atoms with Crippen LogP contribution in [0.1, 0.15) is 39.0 Å². The summed E-state index contributed by atoms with van der Waals surface area (Å²) in [5.41, 5.74) is -1.07. The molecule has 1 rings (SSSR count). The van der Waals surface area contributed by atoms with E-state index in [1.54, 1.807) is 6.92 Å². The molecule has 1 heterocycles. The van der Waals surface area contributed by atoms with Gasteiger partial charge < -0.3 is 15.3 Å². The highest BCUT2D eigenvalue weighted by Crippen LogP contribution is 2.29. The molecule has 0 aromatic rings. The normalized spacial score (nSPS) is 22.6. The van der Waals surface area contributed by atoms with Gasteiger partial charge in [0.25, 0.3) is 0 Å². The molecular weight excluding hydrogens is 232 g/mol. The number of unbranched alkanes of at least 4 members (excludes halogenated alkanes) is 2. The minimum Gasteiger partial charge on any atom is -0.480 e. The first-order valence-corrected chi connectivity index (χ1v) is 6.24. The molecule has 1 aliphatic rings. The average Bonchev–Trinajstić information content (AvgIpc) is 2.72. The summed E-state index contributed by atoms with van der Waals surface area (Å²) < 4.78 is 0. The highest BCUT2D eigenvalue weighted by molar-refractivity contribution is 5.86. The number of nitrogens with zero attached hydrogens (tertiary/aromatic N) is 1. The molecule has 0 spiro atoms. The van der Waals surface area contributed by atoms with E-state index in [1.165, 1.54) is 4.90 Å². The van der Waals surface area contributed by atoms with Crippen LogP contribution in [0.2, 0.25) is 0 Å². The Morgan fingerprint density at radius 1 is 1.50 bits per heavy atom. The molecule has 0 aromatic carbocycles. The fourth-order valence-electron chi connectivity index (χ4n) is 2.15. The van der Waals surface area contributed by atoms with E-state index in [2.05, 4.69) is 11.2 Å². The molecule has 18 heavy (non-hydrogen) atoms. The smallest absolute Gasteiger partial charge is 0.329 e. The molecule has 1 unspecified atom stereocenters. The maximum absolute atomic E-state index is 11.9. The lowest BCUT2D eigenvalue weighted by Crippen LogP contribution is -2.54. The standard InChI is InChI=1S/C13H20N2O3/c1-3-4-5-6-9-14-12(18)15-10-7-8-13(15,2)11(16)17/h1H,4-10H2,2H3,(H,14,18)(H,16,17). The molecule has 100 valence electrons. The van der Waals surface area contributed by atoms with Gasteiger partial charge in [0.2, 0.25) is 0 Å². The lowest BCUT2D eigenvalue weighted by Gasteiger charge is -2.31. The van der Waals surface area contributed by atoms with Crippen LogP contribution >= 0.6 is 0 Å². The van der Waals surface area contributed by atoms with Crippen molar-refractivity contribution in [3.8, 4) is 12.3 Å². The number of amides is 2. The largest absolute Gasteiger partial charge is 0.480 e. The predicted molar refractivity (Wildman–Crippen MR) is 68.1 cm³/mol. The molecule has 1 atom stereocenters. The van der Waals surface area contributed by atoms with Crippen molar-refractivity contribution >= 4 is 12.0 Å². The van der Waals surface area contributed by atoms with Gasteiger partial charge in [-0.2, -0.15) is 0 Å². The van der Waals surface area contributed by atoms with E-state index in [4.69, 9.17) is 6.42 Å². The number of rotatable bonds is 5. The van der Waals surface area contributed by atoms with Crippen LogP contribution < -0.4 is 5.32 Å². The summed E-state index contributed by atoms with van der Waals surface area (Å²) in [6, 6.07) is -0.293. The second-order valence-electron chi connectivity index (χ2n) is 4.73. The zero-order chi connectivity index (χ0) is 13.6. The van der Waals surface area contributed by atoms with Crippen molar-refractivity contribution in [2.45, 2.75) is 44.6 Å². The van der Waals surface area contributed by atoms with E-state index in [9.17, 15) is 14.7 Å². The molecule has 2 N–H and O–H groups in total. The number of carboxylic acids is 1. The second-order valence-corrected chi connectivity index (χ2v) is 4.73. The molecule has 0 aromatic heterocycles. The number of terminal acetylenes is 1. The molecule has 5 heteroatoms. The number of carboxylic acid groups (broad SMARTS) is 1. The molecular formula is C13H20N2O3. The van der Waals surface area contributed by atoms with E-state index in [0.717, 1.165) is 19.3 Å². The predicted octanol–water partition coefficient (Wildman–Crippen LogP) is 1.44. The van der Waals surface area contributed by atoms with Gasteiger partial charge in [0, 0.05) is 19.5 Å². The van der Waals surface area contributed by atoms with Crippen LogP contribution in [0, 0.1) is 12.3 Å². The Kier molecular flexibility index (Phi) is 5.02. The minimum atomic E-state index is -1.07. The van der Waals surface area contributed by atoms with Crippen molar-refractivity contribution in [3.63, 3.8) is 0 Å². The van der Waals surface area contributed by atoms with E-state index in [0.29, 0.717) is 25.9 Å². The third kappa shape index (κ3) is 3.16. The Labute approximate surface area is 108 Å². The average molecular weight is 252 g/mol. The molecule has 2 amide bonds. The number of aliphatic carboxylic acids is 1. The number of hydrogen-bond acceptors (Lipinski definition) is 2. The Morgan fingerprint density at radius 2 is 2.22 bits per heavy atom. The fraction of sp³-hybridized carbons (Fsp3) is 0.692. The second kappa shape index (κ2) is 6.29. The fourth-order valence-corrected chi connectivity index (χ4v) is 2.15. The Balaban J connectivity index is 2.42. The lowest BCUT2D eigenvalue weighted by molar-refractivity contribution is -0.147. The van der Waals surface area contributed by atoms with E-state index >= 15 is 0 Å². The van der Waals surface area contributed by atoms with Gasteiger partial charge >= 0.3 is 12.0 Å². The Hall–Kier alpha value is -1.70. The summed E-state index contributed by atoms with van der Waals surface area (Å²) in [5, 5.41) is 11.9. The van der Waals surface area contributed by atoms with Gasteiger partial charge in [-0.3, -0.25) is 0 Å². The SMILES string of the molecule is C#CCCCCNC(=O)N1CCCC1(C)C(=O)O. The highest BCUT2D eigenvalue weighted by atomic mass is 16.4. The van der Waals surface area contributed by atoms with Gasteiger partial charge in [0.1, 0.15) is 5.54 Å². The first kappa shape index (κ1) is 14.4. The van der Waals surface area contributed by atoms with Gasteiger partial charge in [0.15, 0.2) is 0 Å². The zero-order valence-corrected chi connectivity index (χ0v) is 10.7. The highest BCUT2D eigenvalue weighted by Gasteiger charge is 2.45. The molecule has 1 aliphatic heterocycles. The topological polar surface area (TPSA) is 69.6 Å². The molecule has 5 nitrogen and oxygen atoms in total. The van der Waals surface area contributed by atoms with Crippen LogP contribution in [-0.2, 0) is 4.79 Å². The first-order chi connectivity index (χ1) is 8.52. The van der Waals surface area contributed by atoms with Crippen LogP contribution in [0.4, 0.5) is 4.79 Å². The summed E-state index contributed by atoms with van der Waals surface area (Å²) in [6.45, 7) is 2.63. The van der Waals surface area contributed by atoms with Gasteiger partial charge in [-0.05, 0) is 32.6 Å². The molecule has 0 aliphatic carbocycles. The maximum atomic E-state index is 11.9. The minimum absolute atomic E-state index is 0.293. The lowest BCUT2D eigenvalue weighted by atomic mass is 10.00. The van der Waals surface area contributed by atoms with Crippen LogP contribution in [-0.4, -0.2) is 40.6 Å². The zero-order valence-electron chi connectivity index (χ0n) is 10.7. The summed E-state index contributed by atoms with van der Waals surface area (Å²) >= 11 is 0. The van der Waals surface area contributed by atoms with Crippen LogP contribution in [0.5, 0.6) is 0 Å². The molecule has 0 radical (unpaired) electrons. The van der Waals surface area contributed by atoms with Crippen LogP contribution in [0.25, 0.3) is 0 Å². The van der Waals surface area contributed by atoms with E-state index in [-0.39, 0.29) is 6.03 Å². The summed E-state index contributed by atoms with van der Waals surface area (Å²) in [5.74, 6) is 1.60. The molecule has 1 fully saturated rings. The quantitative estimate of drug-likeness (QED) is 0.574. The number of nitrogens with one attached hydrogen (secondary N) is 1. The third-order valence-electron chi connectivity index (χ3n) is 3.37. The summed E-state index contributed by atoms with van der Waals surface area (Å²) in [4.78, 5) is 24.5. The van der Waals surface area contributed by atoms with Crippen molar-refractivity contribution in [1.29, 1.82) is 0 Å². The van der Waals surface area contributed by atoms with E-state index < -0.39 is 11.5 Å². The summed E-state index contributed by atoms with van der Waals surface area (Å²) in [7, 11) is 0. The first-order valence-electron chi connectivity index (χ1n) is 6.24. The van der Waals surface area contributed by atoms with Crippen molar-refractivity contribution in [2.24, 2.45) is 0 Å². The van der Waals surface area contributed by atoms with Gasteiger partial charge in [-0.15, -0.1) is 12.3 Å². The monoisotopic (exact) mass is 252 g/mol. The Bertz CT molecular complexity index is 362. The van der Waals surface area contributed by atoms with Crippen molar-refractivity contribution in [1.82, 2.24) is 10.2 Å². The maximum Gasteiger partial charge on any atom is 0.329 e. The van der Waals surface area contributed by atoms with Gasteiger partial charge in [-0.1, -0.05) is 0 Å². The Morgan fingerprint density at radius 3 is 2.83 bits per heavy atom. The molecule has 0 bridgehead atoms. The number of carbonyl (C=O) groups excluding carboxylic acids is 1. The van der Waals surface area contributed by atoms with Crippen LogP contribution in [0.15, 0.2) is 0 Å². The van der Waals surface area contributed by atoms with Crippen molar-refractivity contribution in [2.75, 3.05) is 13.1 Å². The van der Waals surface area contributed by atoms with Gasteiger partial charge in [-0.25, -0.2) is 9.59 Å². The van der Waals surface area contributed by atoms with Crippen molar-refractivity contribution in [3.05, 3.63) is 0 Å². The molecule has 1 saturated heterocycles. The number of hydrogen-bond donors (Lipinski definition) is 2. The summed E-state index contributed by atoms with van der Waals surface area (Å²) in [6.07, 6.45) is 8.75. The number of likely N-dealkylation sites (tertiary alicyclic amines) is 1. The van der Waals surface area contributed by atoms with Crippen molar-refractivity contribution < 1.29 is 14.7 Å².